The van der Waals surface area contributed by atoms with Gasteiger partial charge in [-0.05, 0) is 44.1 Å². The second-order valence-corrected chi connectivity index (χ2v) is 7.12. The lowest BCUT2D eigenvalue weighted by Crippen LogP contribution is -2.17. The van der Waals surface area contributed by atoms with E-state index in [1.165, 1.54) is 29.7 Å². The Labute approximate surface area is 127 Å². The fourth-order valence-electron chi connectivity index (χ4n) is 3.26. The maximum Gasteiger partial charge on any atom is 0.141 e. The van der Waals surface area contributed by atoms with Crippen LogP contribution in [0.5, 0.6) is 0 Å². The van der Waals surface area contributed by atoms with Crippen molar-refractivity contribution in [2.45, 2.75) is 44.4 Å². The Hall–Kier alpha value is -0.710. The monoisotopic (exact) mass is 308 g/mol. The minimum atomic E-state index is 0.310. The molecule has 0 saturated carbocycles. The van der Waals surface area contributed by atoms with Crippen LogP contribution < -0.4 is 0 Å². The van der Waals surface area contributed by atoms with E-state index in [1.807, 2.05) is 11.3 Å². The van der Waals surface area contributed by atoms with Crippen LogP contribution in [-0.4, -0.2) is 23.2 Å². The molecule has 20 heavy (non-hydrogen) atoms. The number of halogens is 1. The summed E-state index contributed by atoms with van der Waals surface area (Å²) < 4.78 is 5.55. The molecule has 0 aromatic carbocycles. The van der Waals surface area contributed by atoms with Crippen LogP contribution in [0.4, 0.5) is 0 Å². The van der Waals surface area contributed by atoms with Gasteiger partial charge in [0.2, 0.25) is 0 Å². The van der Waals surface area contributed by atoms with Crippen LogP contribution in [-0.2, 0) is 17.6 Å². The first kappa shape index (κ1) is 13.0. The highest BCUT2D eigenvalue weighted by Gasteiger charge is 2.24. The fraction of sp³-hybridized carbons (Fsp3) is 0.600. The molecule has 106 valence electrons. The summed E-state index contributed by atoms with van der Waals surface area (Å²) in [5.41, 5.74) is 1.41. The van der Waals surface area contributed by atoms with E-state index in [0.29, 0.717) is 11.1 Å². The molecule has 2 aliphatic rings. The SMILES string of the molecule is Clc1nc(C2CCCOC2)nc2sc3c(c12)CCCC3. The van der Waals surface area contributed by atoms with Crippen LogP contribution in [0.2, 0.25) is 5.15 Å². The molecular formula is C15H17ClN2OS. The number of rotatable bonds is 1. The molecule has 3 heterocycles. The van der Waals surface area contributed by atoms with Crippen molar-refractivity contribution >= 4 is 33.2 Å². The summed E-state index contributed by atoms with van der Waals surface area (Å²) in [6.07, 6.45) is 7.04. The van der Waals surface area contributed by atoms with E-state index >= 15 is 0 Å². The molecule has 0 bridgehead atoms. The van der Waals surface area contributed by atoms with Gasteiger partial charge in [-0.15, -0.1) is 11.3 Å². The van der Waals surface area contributed by atoms with E-state index in [2.05, 4.69) is 4.98 Å². The van der Waals surface area contributed by atoms with Gasteiger partial charge < -0.3 is 4.74 Å². The van der Waals surface area contributed by atoms with Crippen LogP contribution in [0.1, 0.15) is 47.9 Å². The Kier molecular flexibility index (Phi) is 3.41. The maximum atomic E-state index is 6.47. The lowest BCUT2D eigenvalue weighted by molar-refractivity contribution is 0.0782. The van der Waals surface area contributed by atoms with Crippen LogP contribution in [0.3, 0.4) is 0 Å². The zero-order chi connectivity index (χ0) is 13.5. The first-order valence-corrected chi connectivity index (χ1v) is 8.58. The van der Waals surface area contributed by atoms with Crippen molar-refractivity contribution in [2.75, 3.05) is 13.2 Å². The molecule has 0 spiro atoms. The average Bonchev–Trinajstić information content (AvgIpc) is 2.87. The third-order valence-corrected chi connectivity index (χ3v) is 5.77. The van der Waals surface area contributed by atoms with Crippen LogP contribution >= 0.6 is 22.9 Å². The van der Waals surface area contributed by atoms with Crippen molar-refractivity contribution in [2.24, 2.45) is 0 Å². The predicted octanol–water partition coefficient (Wildman–Crippen LogP) is 4.12. The Morgan fingerprint density at radius 2 is 2.05 bits per heavy atom. The summed E-state index contributed by atoms with van der Waals surface area (Å²) in [6.45, 7) is 1.59. The summed E-state index contributed by atoms with van der Waals surface area (Å²) in [4.78, 5) is 11.9. The smallest absolute Gasteiger partial charge is 0.141 e. The minimum Gasteiger partial charge on any atom is -0.381 e. The highest BCUT2D eigenvalue weighted by Crippen LogP contribution is 2.39. The lowest BCUT2D eigenvalue weighted by atomic mass is 9.97. The molecule has 3 nitrogen and oxygen atoms in total. The van der Waals surface area contributed by atoms with Gasteiger partial charge in [0.05, 0.1) is 12.0 Å². The van der Waals surface area contributed by atoms with Gasteiger partial charge in [0.1, 0.15) is 15.8 Å². The zero-order valence-electron chi connectivity index (χ0n) is 11.3. The highest BCUT2D eigenvalue weighted by atomic mass is 35.5. The molecule has 4 rings (SSSR count). The van der Waals surface area contributed by atoms with Crippen LogP contribution in [0.25, 0.3) is 10.2 Å². The summed E-state index contributed by atoms with van der Waals surface area (Å²) >= 11 is 8.29. The second-order valence-electron chi connectivity index (χ2n) is 5.68. The first-order chi connectivity index (χ1) is 9.83. The molecule has 2 aromatic rings. The van der Waals surface area contributed by atoms with Gasteiger partial charge in [0, 0.05) is 17.4 Å². The van der Waals surface area contributed by atoms with Gasteiger partial charge in [-0.25, -0.2) is 9.97 Å². The quantitative estimate of drug-likeness (QED) is 0.743. The molecule has 0 radical (unpaired) electrons. The minimum absolute atomic E-state index is 0.310. The topological polar surface area (TPSA) is 35.0 Å². The van der Waals surface area contributed by atoms with Gasteiger partial charge >= 0.3 is 0 Å². The van der Waals surface area contributed by atoms with Gasteiger partial charge in [-0.1, -0.05) is 11.6 Å². The number of hydrogen-bond donors (Lipinski definition) is 0. The number of fused-ring (bicyclic) bond motifs is 3. The van der Waals surface area contributed by atoms with Crippen LogP contribution in [0, 0.1) is 0 Å². The van der Waals surface area contributed by atoms with E-state index < -0.39 is 0 Å². The van der Waals surface area contributed by atoms with Crippen LogP contribution in [0.15, 0.2) is 0 Å². The molecule has 0 N–H and O–H groups in total. The van der Waals surface area contributed by atoms with E-state index in [4.69, 9.17) is 21.3 Å². The molecule has 1 atom stereocenters. The van der Waals surface area contributed by atoms with E-state index in [0.717, 1.165) is 48.5 Å². The summed E-state index contributed by atoms with van der Waals surface area (Å²) in [5, 5.41) is 1.77. The van der Waals surface area contributed by atoms with Crippen molar-refractivity contribution in [3.8, 4) is 0 Å². The van der Waals surface area contributed by atoms with Crippen molar-refractivity contribution in [3.05, 3.63) is 21.4 Å². The lowest BCUT2D eigenvalue weighted by Gasteiger charge is -2.20. The molecule has 1 aliphatic heterocycles. The Morgan fingerprint density at radius 1 is 1.15 bits per heavy atom. The molecule has 5 heteroatoms. The second kappa shape index (κ2) is 5.24. The Morgan fingerprint density at radius 3 is 2.90 bits per heavy atom. The van der Waals surface area contributed by atoms with Gasteiger partial charge in [0.15, 0.2) is 0 Å². The zero-order valence-corrected chi connectivity index (χ0v) is 12.9. The van der Waals surface area contributed by atoms with E-state index in [-0.39, 0.29) is 0 Å². The van der Waals surface area contributed by atoms with E-state index in [9.17, 15) is 0 Å². The molecule has 2 aromatic heterocycles. The molecule has 1 saturated heterocycles. The largest absolute Gasteiger partial charge is 0.381 e. The van der Waals surface area contributed by atoms with E-state index in [1.54, 1.807) is 0 Å². The third-order valence-electron chi connectivity index (χ3n) is 4.31. The molecule has 1 unspecified atom stereocenters. The molecular weight excluding hydrogens is 292 g/mol. The number of nitrogens with zero attached hydrogens (tertiary/aromatic N) is 2. The van der Waals surface area contributed by atoms with Gasteiger partial charge in [-0.3, -0.25) is 0 Å². The Balaban J connectivity index is 1.81. The van der Waals surface area contributed by atoms with Crippen molar-refractivity contribution in [1.29, 1.82) is 0 Å². The first-order valence-electron chi connectivity index (χ1n) is 7.38. The fourth-order valence-corrected chi connectivity index (χ4v) is 4.87. The van der Waals surface area contributed by atoms with Gasteiger partial charge in [0.25, 0.3) is 0 Å². The number of ether oxygens (including phenoxy) is 1. The normalized spacial score (nSPS) is 22.9. The van der Waals surface area contributed by atoms with Crippen molar-refractivity contribution < 1.29 is 4.74 Å². The number of aryl methyl sites for hydroxylation is 2. The number of aromatic nitrogens is 2. The standard InChI is InChI=1S/C15H17ClN2OS/c16-13-12-10-5-1-2-6-11(10)20-15(12)18-14(17-13)9-4-3-7-19-8-9/h9H,1-8H2. The van der Waals surface area contributed by atoms with Crippen molar-refractivity contribution in [1.82, 2.24) is 9.97 Å². The third kappa shape index (κ3) is 2.14. The maximum absolute atomic E-state index is 6.47. The van der Waals surface area contributed by atoms with Crippen molar-refractivity contribution in [3.63, 3.8) is 0 Å². The molecule has 1 aliphatic carbocycles. The number of hydrogen-bond acceptors (Lipinski definition) is 4. The average molecular weight is 309 g/mol. The Bertz CT molecular complexity index is 649. The summed E-state index contributed by atoms with van der Waals surface area (Å²) in [6, 6.07) is 0. The molecule has 0 amide bonds. The van der Waals surface area contributed by atoms with Gasteiger partial charge in [-0.2, -0.15) is 0 Å². The number of thiophene rings is 1. The summed E-state index contributed by atoms with van der Waals surface area (Å²) in [5.74, 6) is 1.19. The molecule has 1 fully saturated rings. The predicted molar refractivity (Wildman–Crippen MR) is 81.9 cm³/mol. The highest BCUT2D eigenvalue weighted by molar-refractivity contribution is 7.19. The summed E-state index contributed by atoms with van der Waals surface area (Å²) in [7, 11) is 0.